The molecule has 4 heteroatoms. The van der Waals surface area contributed by atoms with Gasteiger partial charge in [-0.2, -0.15) is 0 Å². The molecule has 3 rings (SSSR count). The third-order valence-electron chi connectivity index (χ3n) is 6.61. The predicted octanol–water partition coefficient (Wildman–Crippen LogP) is 7.96. The Bertz CT molecular complexity index is 546. The van der Waals surface area contributed by atoms with E-state index in [1.807, 2.05) is 12.1 Å². The maximum Gasteiger partial charge on any atom is 0.573 e. The van der Waals surface area contributed by atoms with Crippen LogP contribution in [0.1, 0.15) is 85.5 Å². The van der Waals surface area contributed by atoms with Gasteiger partial charge in [0.1, 0.15) is 5.75 Å². The van der Waals surface area contributed by atoms with Gasteiger partial charge in [0, 0.05) is 2.85 Å². The molecule has 0 aliphatic heterocycles. The van der Waals surface area contributed by atoms with Crippen LogP contribution < -0.4 is 4.74 Å². The van der Waals surface area contributed by atoms with Crippen molar-refractivity contribution in [1.82, 2.24) is 0 Å². The number of benzene rings is 1. The van der Waals surface area contributed by atoms with Crippen molar-refractivity contribution >= 4 is 0 Å². The van der Waals surface area contributed by atoms with Crippen LogP contribution in [0.2, 0.25) is 0 Å². The van der Waals surface area contributed by atoms with Crippen molar-refractivity contribution in [2.45, 2.75) is 83.4 Å². The molecule has 0 N–H and O–H groups in total. The van der Waals surface area contributed by atoms with Crippen LogP contribution in [-0.4, -0.2) is 6.36 Å². The summed E-state index contributed by atoms with van der Waals surface area (Å²) in [6.45, 7) is 2.29. The fraction of sp³-hybridized carbons (Fsp3) is 0.727. The summed E-state index contributed by atoms with van der Waals surface area (Å²) in [5.41, 5.74) is 1.16. The summed E-state index contributed by atoms with van der Waals surface area (Å²) in [6, 6.07) is 6.51. The Morgan fingerprint density at radius 1 is 0.885 bits per heavy atom. The third-order valence-corrected chi connectivity index (χ3v) is 6.61. The van der Waals surface area contributed by atoms with Gasteiger partial charge in [-0.1, -0.05) is 44.7 Å². The zero-order chi connectivity index (χ0) is 18.6. The normalized spacial score (nSPS) is 30.2. The number of ether oxygens (including phenoxy) is 1. The van der Waals surface area contributed by atoms with E-state index in [1.165, 1.54) is 76.3 Å². The number of alkyl halides is 3. The summed E-state index contributed by atoms with van der Waals surface area (Å²) >= 11 is 0. The van der Waals surface area contributed by atoms with Crippen molar-refractivity contribution in [2.24, 2.45) is 17.8 Å². The highest BCUT2D eigenvalue weighted by atomic mass is 19.4. The minimum absolute atomic E-state index is 0. The third kappa shape index (κ3) is 5.40. The monoisotopic (exact) mass is 372 g/mol. The fourth-order valence-electron chi connectivity index (χ4n) is 5.22. The van der Waals surface area contributed by atoms with Crippen LogP contribution in [0.5, 0.6) is 5.75 Å². The molecule has 0 radical (unpaired) electrons. The molecule has 0 bridgehead atoms. The van der Waals surface area contributed by atoms with E-state index in [2.05, 4.69) is 11.7 Å². The van der Waals surface area contributed by atoms with Gasteiger partial charge in [-0.05, 0) is 79.9 Å². The SMILES string of the molecule is CCCC1CCC(C2CCC(c3ccc(OC(F)(F)F)cc3)CC2)CC1.[HH].[HH]. The van der Waals surface area contributed by atoms with Crippen LogP contribution >= 0.6 is 0 Å². The largest absolute Gasteiger partial charge is 0.573 e. The summed E-state index contributed by atoms with van der Waals surface area (Å²) in [5, 5.41) is 0. The number of rotatable bonds is 5. The molecular formula is C22H35F3O. The average molecular weight is 373 g/mol. The van der Waals surface area contributed by atoms with Crippen LogP contribution in [0.4, 0.5) is 13.2 Å². The molecule has 1 aromatic carbocycles. The van der Waals surface area contributed by atoms with Crippen LogP contribution in [0, 0.1) is 17.8 Å². The second-order valence-corrected chi connectivity index (χ2v) is 8.30. The molecule has 150 valence electrons. The van der Waals surface area contributed by atoms with Crippen LogP contribution in [0.15, 0.2) is 24.3 Å². The lowest BCUT2D eigenvalue weighted by atomic mass is 9.68. The van der Waals surface area contributed by atoms with Gasteiger partial charge in [0.2, 0.25) is 0 Å². The molecule has 0 unspecified atom stereocenters. The fourth-order valence-corrected chi connectivity index (χ4v) is 5.22. The summed E-state index contributed by atoms with van der Waals surface area (Å²) < 4.78 is 40.8. The Kier molecular flexibility index (Phi) is 6.52. The lowest BCUT2D eigenvalue weighted by molar-refractivity contribution is -0.274. The van der Waals surface area contributed by atoms with Crippen LogP contribution in [-0.2, 0) is 0 Å². The van der Waals surface area contributed by atoms with E-state index < -0.39 is 6.36 Å². The average Bonchev–Trinajstić information content (AvgIpc) is 2.62. The molecule has 0 amide bonds. The van der Waals surface area contributed by atoms with Crippen LogP contribution in [0.3, 0.4) is 0 Å². The molecular weight excluding hydrogens is 337 g/mol. The van der Waals surface area contributed by atoms with Crippen molar-refractivity contribution in [1.29, 1.82) is 0 Å². The van der Waals surface area contributed by atoms with Gasteiger partial charge in [-0.25, -0.2) is 0 Å². The topological polar surface area (TPSA) is 9.23 Å². The first-order valence-electron chi connectivity index (χ1n) is 10.3. The highest BCUT2D eigenvalue weighted by Gasteiger charge is 2.32. The van der Waals surface area contributed by atoms with Crippen molar-refractivity contribution in [3.8, 4) is 5.75 Å². The first-order valence-corrected chi connectivity index (χ1v) is 10.3. The van der Waals surface area contributed by atoms with Gasteiger partial charge in [0.15, 0.2) is 0 Å². The predicted molar refractivity (Wildman–Crippen MR) is 102 cm³/mol. The van der Waals surface area contributed by atoms with Gasteiger partial charge in [-0.3, -0.25) is 0 Å². The first-order chi connectivity index (χ1) is 12.4. The van der Waals surface area contributed by atoms with E-state index in [1.54, 1.807) is 0 Å². The van der Waals surface area contributed by atoms with Gasteiger partial charge >= 0.3 is 6.36 Å². The van der Waals surface area contributed by atoms with Crippen molar-refractivity contribution in [3.63, 3.8) is 0 Å². The first kappa shape index (κ1) is 19.6. The molecule has 26 heavy (non-hydrogen) atoms. The Labute approximate surface area is 158 Å². The lowest BCUT2D eigenvalue weighted by Gasteiger charge is -2.38. The molecule has 0 saturated heterocycles. The number of hydrogen-bond acceptors (Lipinski definition) is 1. The Morgan fingerprint density at radius 3 is 1.92 bits per heavy atom. The molecule has 0 aromatic heterocycles. The molecule has 0 heterocycles. The van der Waals surface area contributed by atoms with Gasteiger partial charge in [0.25, 0.3) is 0 Å². The van der Waals surface area contributed by atoms with E-state index in [9.17, 15) is 13.2 Å². The molecule has 0 spiro atoms. The van der Waals surface area contributed by atoms with E-state index in [-0.39, 0.29) is 8.60 Å². The number of hydrogen-bond donors (Lipinski definition) is 0. The van der Waals surface area contributed by atoms with Crippen LogP contribution in [0.25, 0.3) is 0 Å². The zero-order valence-corrected chi connectivity index (χ0v) is 15.7. The van der Waals surface area contributed by atoms with Crippen molar-refractivity contribution in [2.75, 3.05) is 0 Å². The molecule has 2 aliphatic rings. The second kappa shape index (κ2) is 8.67. The van der Waals surface area contributed by atoms with Gasteiger partial charge < -0.3 is 4.74 Å². The maximum absolute atomic E-state index is 12.3. The van der Waals surface area contributed by atoms with Gasteiger partial charge in [-0.15, -0.1) is 13.2 Å². The van der Waals surface area contributed by atoms with E-state index in [4.69, 9.17) is 0 Å². The highest BCUT2D eigenvalue weighted by molar-refractivity contribution is 5.29. The Balaban J connectivity index is 0.00000196. The molecule has 2 aliphatic carbocycles. The van der Waals surface area contributed by atoms with E-state index in [0.717, 1.165) is 23.3 Å². The van der Waals surface area contributed by atoms with E-state index >= 15 is 0 Å². The maximum atomic E-state index is 12.3. The highest BCUT2D eigenvalue weighted by Crippen LogP contribution is 2.44. The van der Waals surface area contributed by atoms with Crippen molar-refractivity contribution in [3.05, 3.63) is 29.8 Å². The smallest absolute Gasteiger partial charge is 0.406 e. The van der Waals surface area contributed by atoms with Crippen molar-refractivity contribution < 1.29 is 20.8 Å². The summed E-state index contributed by atoms with van der Waals surface area (Å²) in [7, 11) is 0. The number of halogens is 3. The summed E-state index contributed by atoms with van der Waals surface area (Å²) in [5.74, 6) is 3.10. The summed E-state index contributed by atoms with van der Waals surface area (Å²) in [4.78, 5) is 0. The van der Waals surface area contributed by atoms with Gasteiger partial charge in [0.05, 0.1) is 0 Å². The van der Waals surface area contributed by atoms with E-state index in [0.29, 0.717) is 5.92 Å². The molecule has 0 atom stereocenters. The quantitative estimate of drug-likeness (QED) is 0.509. The molecule has 2 saturated carbocycles. The molecule has 1 nitrogen and oxygen atoms in total. The standard InChI is InChI=1S/C22H31F3O.2H2/c1-2-3-16-4-6-17(7-5-16)18-8-10-19(11-9-18)20-12-14-21(15-13-20)26-22(23,24)25;;/h12-19H,2-11H2,1H3;2*1H. The minimum atomic E-state index is -4.62. The second-order valence-electron chi connectivity index (χ2n) is 8.30. The molecule has 2 fully saturated rings. The lowest BCUT2D eigenvalue weighted by Crippen LogP contribution is -2.25. The Hall–Kier alpha value is -1.19. The molecule has 1 aromatic rings. The minimum Gasteiger partial charge on any atom is -0.406 e. The zero-order valence-electron chi connectivity index (χ0n) is 15.7. The Morgan fingerprint density at radius 2 is 1.42 bits per heavy atom. The summed E-state index contributed by atoms with van der Waals surface area (Å²) in [6.07, 6.45) is 8.61.